The molecule has 3 heteroatoms. The quantitative estimate of drug-likeness (QED) is 0.826. The fourth-order valence-corrected chi connectivity index (χ4v) is 2.28. The van der Waals surface area contributed by atoms with E-state index in [0.29, 0.717) is 6.04 Å². The highest BCUT2D eigenvalue weighted by Crippen LogP contribution is 2.29. The summed E-state index contributed by atoms with van der Waals surface area (Å²) in [6.45, 7) is 6.45. The molecule has 0 fully saturated rings. The van der Waals surface area contributed by atoms with E-state index in [4.69, 9.17) is 0 Å². The van der Waals surface area contributed by atoms with Crippen molar-refractivity contribution in [2.75, 3.05) is 7.05 Å². The first-order chi connectivity index (χ1) is 7.99. The van der Waals surface area contributed by atoms with Crippen molar-refractivity contribution in [2.24, 2.45) is 0 Å². The van der Waals surface area contributed by atoms with Crippen LogP contribution in [-0.2, 0) is 0 Å². The molecule has 0 amide bonds. The Kier molecular flexibility index (Phi) is 4.82. The standard InChI is InChI=1S/C14H23NO2/c1-5-12(6-2)15(4)10(3)11-7-13(16)9-14(17)8-11/h7-10,12,16-17H,5-6H2,1-4H3. The zero-order valence-corrected chi connectivity index (χ0v) is 11.1. The molecule has 1 aromatic rings. The number of benzene rings is 1. The largest absolute Gasteiger partial charge is 0.508 e. The molecular formula is C14H23NO2. The second-order valence-electron chi connectivity index (χ2n) is 4.59. The van der Waals surface area contributed by atoms with E-state index in [0.717, 1.165) is 18.4 Å². The molecule has 0 aliphatic rings. The van der Waals surface area contributed by atoms with Gasteiger partial charge in [0.25, 0.3) is 0 Å². The van der Waals surface area contributed by atoms with Crippen LogP contribution in [0.2, 0.25) is 0 Å². The Hall–Kier alpha value is -1.22. The van der Waals surface area contributed by atoms with Gasteiger partial charge in [-0.3, -0.25) is 4.90 Å². The average Bonchev–Trinajstić information content (AvgIpc) is 2.28. The first-order valence-corrected chi connectivity index (χ1v) is 6.24. The lowest BCUT2D eigenvalue weighted by Crippen LogP contribution is -2.32. The molecule has 1 rings (SSSR count). The topological polar surface area (TPSA) is 43.7 Å². The molecule has 17 heavy (non-hydrogen) atoms. The van der Waals surface area contributed by atoms with E-state index in [1.807, 2.05) is 0 Å². The van der Waals surface area contributed by atoms with Crippen LogP contribution in [0, 0.1) is 0 Å². The molecule has 1 atom stereocenters. The van der Waals surface area contributed by atoms with Gasteiger partial charge >= 0.3 is 0 Å². The van der Waals surface area contributed by atoms with E-state index >= 15 is 0 Å². The van der Waals surface area contributed by atoms with Crippen LogP contribution in [0.25, 0.3) is 0 Å². The molecule has 0 saturated carbocycles. The summed E-state index contributed by atoms with van der Waals surface area (Å²) in [5, 5.41) is 19.0. The van der Waals surface area contributed by atoms with Gasteiger partial charge in [-0.25, -0.2) is 0 Å². The molecule has 2 N–H and O–H groups in total. The van der Waals surface area contributed by atoms with Crippen LogP contribution in [-0.4, -0.2) is 28.2 Å². The highest BCUT2D eigenvalue weighted by atomic mass is 16.3. The molecule has 0 radical (unpaired) electrons. The summed E-state index contributed by atoms with van der Waals surface area (Å²) in [6.07, 6.45) is 2.20. The maximum Gasteiger partial charge on any atom is 0.119 e. The third-order valence-electron chi connectivity index (χ3n) is 3.54. The second kappa shape index (κ2) is 5.92. The Balaban J connectivity index is 2.91. The Morgan fingerprint density at radius 1 is 1.06 bits per heavy atom. The molecule has 0 spiro atoms. The number of phenols is 2. The SMILES string of the molecule is CCC(CC)N(C)C(C)c1cc(O)cc(O)c1. The molecule has 0 saturated heterocycles. The Morgan fingerprint density at radius 2 is 1.53 bits per heavy atom. The van der Waals surface area contributed by atoms with Crippen LogP contribution in [0.5, 0.6) is 11.5 Å². The Labute approximate surface area is 104 Å². The van der Waals surface area contributed by atoms with E-state index in [1.54, 1.807) is 12.1 Å². The van der Waals surface area contributed by atoms with Crippen molar-refractivity contribution < 1.29 is 10.2 Å². The van der Waals surface area contributed by atoms with E-state index in [9.17, 15) is 10.2 Å². The number of hydrogen-bond donors (Lipinski definition) is 2. The molecule has 1 aromatic carbocycles. The fourth-order valence-electron chi connectivity index (χ4n) is 2.28. The van der Waals surface area contributed by atoms with Gasteiger partial charge in [-0.15, -0.1) is 0 Å². The molecule has 0 aromatic heterocycles. The summed E-state index contributed by atoms with van der Waals surface area (Å²) in [5.41, 5.74) is 0.942. The highest BCUT2D eigenvalue weighted by Gasteiger charge is 2.19. The van der Waals surface area contributed by atoms with Crippen molar-refractivity contribution >= 4 is 0 Å². The van der Waals surface area contributed by atoms with Crippen LogP contribution in [0.15, 0.2) is 18.2 Å². The molecule has 96 valence electrons. The number of aromatic hydroxyl groups is 2. The van der Waals surface area contributed by atoms with Crippen molar-refractivity contribution in [3.05, 3.63) is 23.8 Å². The zero-order chi connectivity index (χ0) is 13.0. The first kappa shape index (κ1) is 13.8. The zero-order valence-electron chi connectivity index (χ0n) is 11.1. The van der Waals surface area contributed by atoms with E-state index in [-0.39, 0.29) is 17.5 Å². The molecule has 0 heterocycles. The number of hydrogen-bond acceptors (Lipinski definition) is 3. The van der Waals surface area contributed by atoms with Gasteiger partial charge in [0.1, 0.15) is 11.5 Å². The lowest BCUT2D eigenvalue weighted by molar-refractivity contribution is 0.174. The van der Waals surface area contributed by atoms with Crippen LogP contribution >= 0.6 is 0 Å². The number of nitrogens with zero attached hydrogens (tertiary/aromatic N) is 1. The average molecular weight is 237 g/mol. The minimum absolute atomic E-state index is 0.116. The van der Waals surface area contributed by atoms with Gasteiger partial charge < -0.3 is 10.2 Å². The van der Waals surface area contributed by atoms with Crippen molar-refractivity contribution in [2.45, 2.75) is 45.7 Å². The molecule has 0 aliphatic heterocycles. The van der Waals surface area contributed by atoms with Crippen molar-refractivity contribution in [1.29, 1.82) is 0 Å². The predicted octanol–water partition coefficient (Wildman–Crippen LogP) is 3.28. The van der Waals surface area contributed by atoms with Crippen LogP contribution in [0.4, 0.5) is 0 Å². The van der Waals surface area contributed by atoms with E-state index in [1.165, 1.54) is 6.07 Å². The van der Waals surface area contributed by atoms with Gasteiger partial charge in [0.05, 0.1) is 0 Å². The Bertz CT molecular complexity index is 341. The minimum atomic E-state index is 0.116. The van der Waals surface area contributed by atoms with Gasteiger partial charge in [-0.05, 0) is 44.5 Å². The van der Waals surface area contributed by atoms with Gasteiger partial charge in [0, 0.05) is 18.2 Å². The maximum absolute atomic E-state index is 9.50. The number of rotatable bonds is 5. The lowest BCUT2D eigenvalue weighted by atomic mass is 10.0. The summed E-state index contributed by atoms with van der Waals surface area (Å²) >= 11 is 0. The third kappa shape index (κ3) is 3.37. The summed E-state index contributed by atoms with van der Waals surface area (Å²) < 4.78 is 0. The summed E-state index contributed by atoms with van der Waals surface area (Å²) in [4.78, 5) is 2.29. The summed E-state index contributed by atoms with van der Waals surface area (Å²) in [7, 11) is 2.09. The van der Waals surface area contributed by atoms with Crippen LogP contribution in [0.3, 0.4) is 0 Å². The lowest BCUT2D eigenvalue weighted by Gasteiger charge is -2.32. The molecule has 0 bridgehead atoms. The summed E-state index contributed by atoms with van der Waals surface area (Å²) in [6, 6.07) is 5.48. The normalized spacial score (nSPS) is 13.3. The van der Waals surface area contributed by atoms with E-state index in [2.05, 4.69) is 32.7 Å². The minimum Gasteiger partial charge on any atom is -0.508 e. The molecular weight excluding hydrogens is 214 g/mol. The van der Waals surface area contributed by atoms with Crippen molar-refractivity contribution in [3.8, 4) is 11.5 Å². The van der Waals surface area contributed by atoms with Gasteiger partial charge in [-0.1, -0.05) is 13.8 Å². The van der Waals surface area contributed by atoms with Crippen LogP contribution in [0.1, 0.15) is 45.2 Å². The highest BCUT2D eigenvalue weighted by molar-refractivity contribution is 5.38. The van der Waals surface area contributed by atoms with Gasteiger partial charge in [-0.2, -0.15) is 0 Å². The summed E-state index contributed by atoms with van der Waals surface area (Å²) in [5.74, 6) is 0.231. The second-order valence-corrected chi connectivity index (χ2v) is 4.59. The van der Waals surface area contributed by atoms with Gasteiger partial charge in [0.2, 0.25) is 0 Å². The predicted molar refractivity (Wildman–Crippen MR) is 70.3 cm³/mol. The van der Waals surface area contributed by atoms with E-state index < -0.39 is 0 Å². The fraction of sp³-hybridized carbons (Fsp3) is 0.571. The van der Waals surface area contributed by atoms with Crippen LogP contribution < -0.4 is 0 Å². The molecule has 0 aliphatic carbocycles. The number of phenolic OH excluding ortho intramolecular Hbond substituents is 2. The third-order valence-corrected chi connectivity index (χ3v) is 3.54. The van der Waals surface area contributed by atoms with Crippen molar-refractivity contribution in [3.63, 3.8) is 0 Å². The smallest absolute Gasteiger partial charge is 0.119 e. The first-order valence-electron chi connectivity index (χ1n) is 6.24. The molecule has 3 nitrogen and oxygen atoms in total. The Morgan fingerprint density at radius 3 is 1.94 bits per heavy atom. The van der Waals surface area contributed by atoms with Crippen molar-refractivity contribution in [1.82, 2.24) is 4.90 Å². The monoisotopic (exact) mass is 237 g/mol. The molecule has 1 unspecified atom stereocenters. The van der Waals surface area contributed by atoms with Gasteiger partial charge in [0.15, 0.2) is 0 Å². The maximum atomic E-state index is 9.50.